The van der Waals surface area contributed by atoms with Crippen LogP contribution in [0.15, 0.2) is 18.2 Å². The van der Waals surface area contributed by atoms with Gasteiger partial charge in [0, 0.05) is 0 Å². The topological polar surface area (TPSA) is 64.7 Å². The van der Waals surface area contributed by atoms with Gasteiger partial charge in [-0.1, -0.05) is 6.07 Å². The summed E-state index contributed by atoms with van der Waals surface area (Å²) in [5.41, 5.74) is 5.56. The van der Waals surface area contributed by atoms with Crippen LogP contribution in [-0.2, 0) is 0 Å². The van der Waals surface area contributed by atoms with Gasteiger partial charge in [0.05, 0.1) is 20.3 Å². The van der Waals surface area contributed by atoms with Crippen LogP contribution in [0.1, 0.15) is 11.6 Å². The van der Waals surface area contributed by atoms with Gasteiger partial charge in [-0.25, -0.2) is 8.78 Å². The Labute approximate surface area is 97.9 Å². The minimum Gasteiger partial charge on any atom is -0.493 e. The van der Waals surface area contributed by atoms with Crippen molar-refractivity contribution >= 4 is 0 Å². The molecule has 0 aromatic heterocycles. The van der Waals surface area contributed by atoms with E-state index in [1.165, 1.54) is 32.4 Å². The Morgan fingerprint density at radius 2 is 1.88 bits per heavy atom. The second-order valence-corrected chi connectivity index (χ2v) is 3.51. The number of rotatable bonds is 5. The van der Waals surface area contributed by atoms with Crippen LogP contribution in [0.4, 0.5) is 8.78 Å². The minimum absolute atomic E-state index is 0.168. The van der Waals surface area contributed by atoms with Crippen LogP contribution in [0.5, 0.6) is 11.5 Å². The summed E-state index contributed by atoms with van der Waals surface area (Å²) in [4.78, 5) is 0. The van der Waals surface area contributed by atoms with E-state index in [0.29, 0.717) is 11.5 Å². The summed E-state index contributed by atoms with van der Waals surface area (Å²) in [5, 5.41) is 8.57. The van der Waals surface area contributed by atoms with Crippen LogP contribution in [-0.4, -0.2) is 31.9 Å². The summed E-state index contributed by atoms with van der Waals surface area (Å²) in [5.74, 6) is -2.63. The fourth-order valence-electron chi connectivity index (χ4n) is 1.39. The largest absolute Gasteiger partial charge is 0.493 e. The lowest BCUT2D eigenvalue weighted by Crippen LogP contribution is -2.36. The molecule has 0 saturated carbocycles. The highest BCUT2D eigenvalue weighted by atomic mass is 19.3. The molecule has 1 atom stereocenters. The molecule has 96 valence electrons. The molecule has 6 heteroatoms. The zero-order chi connectivity index (χ0) is 13.1. The zero-order valence-corrected chi connectivity index (χ0v) is 9.61. The molecule has 0 aliphatic heterocycles. The number of hydrogen-bond acceptors (Lipinski definition) is 4. The molecule has 3 N–H and O–H groups in total. The van der Waals surface area contributed by atoms with Crippen molar-refractivity contribution < 1.29 is 23.4 Å². The second-order valence-electron chi connectivity index (χ2n) is 3.51. The third kappa shape index (κ3) is 2.83. The molecule has 1 rings (SSSR count). The average molecular weight is 247 g/mol. The Morgan fingerprint density at radius 3 is 2.35 bits per heavy atom. The van der Waals surface area contributed by atoms with E-state index in [-0.39, 0.29) is 5.56 Å². The zero-order valence-electron chi connectivity index (χ0n) is 9.61. The van der Waals surface area contributed by atoms with E-state index in [1.54, 1.807) is 0 Å². The van der Waals surface area contributed by atoms with E-state index in [4.69, 9.17) is 20.3 Å². The maximum Gasteiger partial charge on any atom is 0.289 e. The van der Waals surface area contributed by atoms with E-state index < -0.39 is 18.6 Å². The van der Waals surface area contributed by atoms with E-state index >= 15 is 0 Å². The predicted molar refractivity (Wildman–Crippen MR) is 58.5 cm³/mol. The quantitative estimate of drug-likeness (QED) is 0.824. The van der Waals surface area contributed by atoms with E-state index in [1.807, 2.05) is 0 Å². The number of aliphatic hydroxyl groups is 1. The summed E-state index contributed by atoms with van der Waals surface area (Å²) >= 11 is 0. The molecule has 0 aliphatic rings. The monoisotopic (exact) mass is 247 g/mol. The maximum absolute atomic E-state index is 13.2. The van der Waals surface area contributed by atoms with Gasteiger partial charge in [0.15, 0.2) is 11.5 Å². The second kappa shape index (κ2) is 5.29. The molecule has 17 heavy (non-hydrogen) atoms. The number of hydrogen-bond donors (Lipinski definition) is 2. The van der Waals surface area contributed by atoms with E-state index in [2.05, 4.69) is 0 Å². The molecule has 0 amide bonds. The molecular weight excluding hydrogens is 232 g/mol. The number of nitrogens with two attached hydrogens (primary N) is 1. The van der Waals surface area contributed by atoms with Crippen LogP contribution in [0.25, 0.3) is 0 Å². The van der Waals surface area contributed by atoms with Gasteiger partial charge in [-0.15, -0.1) is 0 Å². The predicted octanol–water partition coefficient (Wildman–Crippen LogP) is 1.33. The normalized spacial score (nSPS) is 13.3. The van der Waals surface area contributed by atoms with Crippen molar-refractivity contribution in [1.82, 2.24) is 0 Å². The summed E-state index contributed by atoms with van der Waals surface area (Å²) in [7, 11) is 2.84. The number of aliphatic hydroxyl groups excluding tert-OH is 1. The molecule has 0 bridgehead atoms. The van der Waals surface area contributed by atoms with Crippen molar-refractivity contribution in [1.29, 1.82) is 0 Å². The highest BCUT2D eigenvalue weighted by Gasteiger charge is 2.37. The van der Waals surface area contributed by atoms with Gasteiger partial charge < -0.3 is 20.3 Å². The molecule has 0 fully saturated rings. The lowest BCUT2D eigenvalue weighted by atomic mass is 10.0. The van der Waals surface area contributed by atoms with Gasteiger partial charge in [0.2, 0.25) is 0 Å². The first-order valence-electron chi connectivity index (χ1n) is 4.92. The first-order chi connectivity index (χ1) is 7.96. The van der Waals surface area contributed by atoms with Crippen molar-refractivity contribution in [3.05, 3.63) is 23.8 Å². The van der Waals surface area contributed by atoms with E-state index in [9.17, 15) is 8.78 Å². The number of ether oxygens (including phenoxy) is 2. The number of methoxy groups -OCH3 is 2. The molecule has 0 spiro atoms. The molecule has 1 aromatic rings. The van der Waals surface area contributed by atoms with Crippen molar-refractivity contribution in [3.8, 4) is 11.5 Å². The van der Waals surface area contributed by atoms with Crippen molar-refractivity contribution in [2.75, 3.05) is 20.8 Å². The molecule has 0 saturated heterocycles. The lowest BCUT2D eigenvalue weighted by molar-refractivity contribution is -0.0712. The maximum atomic E-state index is 13.2. The minimum atomic E-state index is -3.38. The lowest BCUT2D eigenvalue weighted by Gasteiger charge is -2.22. The first-order valence-corrected chi connectivity index (χ1v) is 4.92. The van der Waals surface area contributed by atoms with Crippen LogP contribution >= 0.6 is 0 Å². The van der Waals surface area contributed by atoms with Crippen LogP contribution in [0, 0.1) is 0 Å². The van der Waals surface area contributed by atoms with Crippen LogP contribution < -0.4 is 15.2 Å². The van der Waals surface area contributed by atoms with Gasteiger partial charge in [-0.2, -0.15) is 0 Å². The van der Waals surface area contributed by atoms with Crippen LogP contribution in [0.3, 0.4) is 0 Å². The Kier molecular flexibility index (Phi) is 4.25. The van der Waals surface area contributed by atoms with Gasteiger partial charge in [0.1, 0.15) is 6.61 Å². The highest BCUT2D eigenvalue weighted by molar-refractivity contribution is 5.44. The molecule has 4 nitrogen and oxygen atoms in total. The molecule has 0 radical (unpaired) electrons. The van der Waals surface area contributed by atoms with Gasteiger partial charge in [-0.05, 0) is 17.7 Å². The number of alkyl halides is 2. The smallest absolute Gasteiger partial charge is 0.289 e. The Balaban J connectivity index is 3.07. The van der Waals surface area contributed by atoms with Crippen molar-refractivity contribution in [2.24, 2.45) is 5.73 Å². The summed E-state index contributed by atoms with van der Waals surface area (Å²) in [6, 6.07) is 2.68. The fraction of sp³-hybridized carbons (Fsp3) is 0.455. The Bertz CT molecular complexity index is 385. The molecule has 0 unspecified atom stereocenters. The summed E-state index contributed by atoms with van der Waals surface area (Å²) in [6.45, 7) is -1.30. The molecule has 1 aromatic carbocycles. The number of halogens is 2. The standard InChI is InChI=1S/C11H15F2NO3/c1-16-8-4-3-7(5-9(8)17-2)10(14)11(12,13)6-15/h3-5,10,15H,6,14H2,1-2H3/t10-/m0/s1. The highest BCUT2D eigenvalue weighted by Crippen LogP contribution is 2.34. The Hall–Kier alpha value is -1.40. The van der Waals surface area contributed by atoms with Gasteiger partial charge in [-0.3, -0.25) is 0 Å². The fourth-order valence-corrected chi connectivity index (χ4v) is 1.39. The Morgan fingerprint density at radius 1 is 1.29 bits per heavy atom. The van der Waals surface area contributed by atoms with Gasteiger partial charge in [0.25, 0.3) is 5.92 Å². The van der Waals surface area contributed by atoms with Crippen molar-refractivity contribution in [2.45, 2.75) is 12.0 Å². The SMILES string of the molecule is COc1ccc([C@H](N)C(F)(F)CO)cc1OC. The summed E-state index contributed by atoms with van der Waals surface area (Å²) in [6.07, 6.45) is 0. The average Bonchev–Trinajstić information content (AvgIpc) is 2.36. The molecular formula is C11H15F2NO3. The number of benzene rings is 1. The van der Waals surface area contributed by atoms with Crippen molar-refractivity contribution in [3.63, 3.8) is 0 Å². The van der Waals surface area contributed by atoms with Gasteiger partial charge >= 0.3 is 0 Å². The molecule has 0 aliphatic carbocycles. The van der Waals surface area contributed by atoms with Crippen LogP contribution in [0.2, 0.25) is 0 Å². The third-order valence-electron chi connectivity index (χ3n) is 2.43. The summed E-state index contributed by atoms with van der Waals surface area (Å²) < 4.78 is 36.4. The first kappa shape index (κ1) is 13.7. The van der Waals surface area contributed by atoms with E-state index in [0.717, 1.165) is 0 Å². The molecule has 0 heterocycles. The third-order valence-corrected chi connectivity index (χ3v) is 2.43.